The monoisotopic (exact) mass is 183 g/mol. The van der Waals surface area contributed by atoms with Crippen LogP contribution in [-0.2, 0) is 9.53 Å². The molecule has 0 aliphatic rings. The van der Waals surface area contributed by atoms with Crippen LogP contribution in [0.2, 0.25) is 0 Å². The minimum atomic E-state index is -0.843. The van der Waals surface area contributed by atoms with Gasteiger partial charge in [0.2, 0.25) is 0 Å². The second-order valence-electron chi connectivity index (χ2n) is 2.07. The van der Waals surface area contributed by atoms with E-state index in [1.807, 2.05) is 0 Å². The number of carboxylic acids is 1. The number of hydrogen-bond donors (Lipinski definition) is 2. The van der Waals surface area contributed by atoms with Gasteiger partial charge in [-0.1, -0.05) is 0 Å². The largest absolute Gasteiger partial charge is 0.481 e. The average molecular weight is 184 g/mol. The van der Waals surface area contributed by atoms with E-state index in [0.717, 1.165) is 0 Å². The molecule has 0 bridgehead atoms. The maximum absolute atomic E-state index is 10.1. The summed E-state index contributed by atoms with van der Waals surface area (Å²) in [6, 6.07) is 0. The molecule has 0 rings (SSSR count). The topological polar surface area (TPSA) is 72.5 Å². The highest BCUT2D eigenvalue weighted by atomic mass is 35.5. The van der Waals surface area contributed by atoms with Gasteiger partial charge in [0.05, 0.1) is 19.1 Å². The Labute approximate surface area is 72.1 Å². The minimum absolute atomic E-state index is 0. The zero-order valence-electron chi connectivity index (χ0n) is 6.45. The van der Waals surface area contributed by atoms with Crippen molar-refractivity contribution in [1.82, 2.24) is 0 Å². The van der Waals surface area contributed by atoms with Gasteiger partial charge in [0.1, 0.15) is 0 Å². The fourth-order valence-corrected chi connectivity index (χ4v) is 0.574. The molecule has 0 aromatic carbocycles. The van der Waals surface area contributed by atoms with E-state index in [0.29, 0.717) is 13.2 Å². The Kier molecular flexibility index (Phi) is 9.40. The lowest BCUT2D eigenvalue weighted by Gasteiger charge is -2.08. The molecule has 0 unspecified atom stereocenters. The zero-order chi connectivity index (χ0) is 7.98. The Hall–Kier alpha value is -0.320. The highest BCUT2D eigenvalue weighted by Crippen LogP contribution is 1.95. The number of carbonyl (C=O) groups is 1. The van der Waals surface area contributed by atoms with Gasteiger partial charge in [0.25, 0.3) is 0 Å². The van der Waals surface area contributed by atoms with Crippen LogP contribution in [-0.4, -0.2) is 30.3 Å². The molecule has 0 spiro atoms. The Morgan fingerprint density at radius 2 is 2.27 bits per heavy atom. The smallest absolute Gasteiger partial charge is 0.305 e. The van der Waals surface area contributed by atoms with Crippen LogP contribution >= 0.6 is 12.4 Å². The van der Waals surface area contributed by atoms with Gasteiger partial charge in [-0.25, -0.2) is 0 Å². The Bertz CT molecular complexity index is 110. The molecule has 0 aliphatic carbocycles. The van der Waals surface area contributed by atoms with Crippen molar-refractivity contribution in [3.05, 3.63) is 0 Å². The second kappa shape index (κ2) is 7.78. The summed E-state index contributed by atoms with van der Waals surface area (Å²) >= 11 is 0. The van der Waals surface area contributed by atoms with Gasteiger partial charge < -0.3 is 15.6 Å². The second-order valence-corrected chi connectivity index (χ2v) is 2.07. The molecule has 4 nitrogen and oxygen atoms in total. The maximum Gasteiger partial charge on any atom is 0.305 e. The van der Waals surface area contributed by atoms with E-state index in [1.54, 1.807) is 6.92 Å². The van der Waals surface area contributed by atoms with Crippen molar-refractivity contribution in [2.75, 3.05) is 13.2 Å². The lowest BCUT2D eigenvalue weighted by molar-refractivity contribution is -0.139. The van der Waals surface area contributed by atoms with Crippen LogP contribution in [0, 0.1) is 0 Å². The van der Waals surface area contributed by atoms with E-state index >= 15 is 0 Å². The molecule has 0 radical (unpaired) electrons. The summed E-state index contributed by atoms with van der Waals surface area (Å²) in [5.41, 5.74) is 5.14. The van der Waals surface area contributed by atoms with Crippen molar-refractivity contribution in [2.45, 2.75) is 19.4 Å². The molecular weight excluding hydrogens is 170 g/mol. The zero-order valence-corrected chi connectivity index (χ0v) is 7.26. The first-order valence-corrected chi connectivity index (χ1v) is 3.20. The van der Waals surface area contributed by atoms with E-state index in [9.17, 15) is 4.79 Å². The fourth-order valence-electron chi connectivity index (χ4n) is 0.574. The molecule has 0 aliphatic heterocycles. The van der Waals surface area contributed by atoms with E-state index in [2.05, 4.69) is 0 Å². The van der Waals surface area contributed by atoms with Crippen LogP contribution in [0.4, 0.5) is 0 Å². The van der Waals surface area contributed by atoms with E-state index in [1.165, 1.54) is 0 Å². The van der Waals surface area contributed by atoms with Crippen molar-refractivity contribution in [2.24, 2.45) is 5.73 Å². The number of nitrogens with two attached hydrogens (primary N) is 1. The lowest BCUT2D eigenvalue weighted by Crippen LogP contribution is -2.18. The molecule has 3 N–H and O–H groups in total. The van der Waals surface area contributed by atoms with Gasteiger partial charge in [-0.2, -0.15) is 0 Å². The van der Waals surface area contributed by atoms with E-state index in [4.69, 9.17) is 15.6 Å². The maximum atomic E-state index is 10.1. The molecule has 1 atom stereocenters. The summed E-state index contributed by atoms with van der Waals surface area (Å²) in [4.78, 5) is 10.1. The Morgan fingerprint density at radius 3 is 2.64 bits per heavy atom. The third kappa shape index (κ3) is 9.68. The molecule has 0 aromatic heterocycles. The van der Waals surface area contributed by atoms with Crippen molar-refractivity contribution in [1.29, 1.82) is 0 Å². The number of carboxylic acid groups (broad SMARTS) is 1. The summed E-state index contributed by atoms with van der Waals surface area (Å²) in [6.45, 7) is 2.57. The molecular formula is C6H14ClNO3. The molecule has 0 aromatic rings. The molecule has 11 heavy (non-hydrogen) atoms. The summed E-state index contributed by atoms with van der Waals surface area (Å²) in [7, 11) is 0. The summed E-state index contributed by atoms with van der Waals surface area (Å²) in [5, 5.41) is 8.27. The van der Waals surface area contributed by atoms with Crippen LogP contribution in [0.5, 0.6) is 0 Å². The SMILES string of the molecule is C[C@@H](CC(=O)O)OCCN.Cl. The predicted molar refractivity (Wildman–Crippen MR) is 44.0 cm³/mol. The molecule has 0 saturated heterocycles. The quantitative estimate of drug-likeness (QED) is 0.641. The van der Waals surface area contributed by atoms with E-state index < -0.39 is 5.97 Å². The van der Waals surface area contributed by atoms with Crippen LogP contribution < -0.4 is 5.73 Å². The van der Waals surface area contributed by atoms with Gasteiger partial charge in [-0.05, 0) is 6.92 Å². The standard InChI is InChI=1S/C6H13NO3.ClH/c1-5(4-6(8)9)10-3-2-7;/h5H,2-4,7H2,1H3,(H,8,9);1H/t5-;/m0./s1. The Morgan fingerprint density at radius 1 is 1.73 bits per heavy atom. The van der Waals surface area contributed by atoms with Crippen molar-refractivity contribution < 1.29 is 14.6 Å². The third-order valence-electron chi connectivity index (χ3n) is 0.982. The predicted octanol–water partition coefficient (Wildman–Crippen LogP) is 0.247. The van der Waals surface area contributed by atoms with Crippen molar-refractivity contribution in [3.8, 4) is 0 Å². The number of aliphatic carboxylic acids is 1. The first kappa shape index (κ1) is 13.3. The minimum Gasteiger partial charge on any atom is -0.481 e. The van der Waals surface area contributed by atoms with Crippen LogP contribution in [0.3, 0.4) is 0 Å². The number of hydrogen-bond acceptors (Lipinski definition) is 3. The summed E-state index contributed by atoms with van der Waals surface area (Å²) in [5.74, 6) is -0.843. The number of halogens is 1. The fraction of sp³-hybridized carbons (Fsp3) is 0.833. The first-order valence-electron chi connectivity index (χ1n) is 3.20. The molecule has 0 heterocycles. The van der Waals surface area contributed by atoms with Crippen LogP contribution in [0.25, 0.3) is 0 Å². The summed E-state index contributed by atoms with van der Waals surface area (Å²) in [6.07, 6.45) is -0.193. The highest BCUT2D eigenvalue weighted by Gasteiger charge is 2.05. The highest BCUT2D eigenvalue weighted by molar-refractivity contribution is 5.85. The average Bonchev–Trinajstić information content (AvgIpc) is 1.82. The van der Waals surface area contributed by atoms with E-state index in [-0.39, 0.29) is 24.9 Å². The van der Waals surface area contributed by atoms with Gasteiger partial charge in [-0.15, -0.1) is 12.4 Å². The number of rotatable bonds is 5. The van der Waals surface area contributed by atoms with Gasteiger partial charge in [0.15, 0.2) is 0 Å². The van der Waals surface area contributed by atoms with Crippen LogP contribution in [0.15, 0.2) is 0 Å². The molecule has 5 heteroatoms. The molecule has 0 saturated carbocycles. The van der Waals surface area contributed by atoms with Gasteiger partial charge >= 0.3 is 5.97 Å². The molecule has 0 fully saturated rings. The normalized spacial score (nSPS) is 11.8. The lowest BCUT2D eigenvalue weighted by atomic mass is 10.3. The molecule has 68 valence electrons. The first-order chi connectivity index (χ1) is 4.66. The van der Waals surface area contributed by atoms with Gasteiger partial charge in [0, 0.05) is 6.54 Å². The van der Waals surface area contributed by atoms with Crippen molar-refractivity contribution in [3.63, 3.8) is 0 Å². The van der Waals surface area contributed by atoms with Gasteiger partial charge in [-0.3, -0.25) is 4.79 Å². The number of ether oxygens (including phenoxy) is 1. The Balaban J connectivity index is 0. The molecule has 0 amide bonds. The summed E-state index contributed by atoms with van der Waals surface area (Å²) < 4.78 is 5.00. The van der Waals surface area contributed by atoms with Crippen molar-refractivity contribution >= 4 is 18.4 Å². The third-order valence-corrected chi connectivity index (χ3v) is 0.982. The van der Waals surface area contributed by atoms with Crippen LogP contribution in [0.1, 0.15) is 13.3 Å².